The van der Waals surface area contributed by atoms with Crippen LogP contribution in [-0.2, 0) is 0 Å². The predicted molar refractivity (Wildman–Crippen MR) is 123 cm³/mol. The van der Waals surface area contributed by atoms with Gasteiger partial charge in [-0.3, -0.25) is 0 Å². The second-order valence-corrected chi connectivity index (χ2v) is 8.99. The van der Waals surface area contributed by atoms with Crippen molar-refractivity contribution in [3.63, 3.8) is 0 Å². The molecule has 0 aliphatic carbocycles. The van der Waals surface area contributed by atoms with E-state index < -0.39 is 0 Å². The molecule has 1 nitrogen and oxygen atoms in total. The van der Waals surface area contributed by atoms with Gasteiger partial charge < -0.3 is 5.11 Å². The summed E-state index contributed by atoms with van der Waals surface area (Å²) in [6.45, 7) is 8.39. The highest BCUT2D eigenvalue weighted by Gasteiger charge is 2.11. The summed E-state index contributed by atoms with van der Waals surface area (Å²) in [6, 6.07) is 0. The van der Waals surface area contributed by atoms with Crippen LogP contribution < -0.4 is 0 Å². The molecule has 0 saturated carbocycles. The normalized spacial score (nSPS) is 13.8. The van der Waals surface area contributed by atoms with E-state index in [-0.39, 0.29) is 6.10 Å². The van der Waals surface area contributed by atoms with Crippen molar-refractivity contribution in [3.8, 4) is 0 Å². The minimum atomic E-state index is -0.368. The van der Waals surface area contributed by atoms with Crippen molar-refractivity contribution in [2.45, 2.75) is 155 Å². The van der Waals surface area contributed by atoms with Crippen LogP contribution in [0.2, 0.25) is 0 Å². The fourth-order valence-electron chi connectivity index (χ4n) is 4.25. The Morgan fingerprint density at radius 1 is 0.519 bits per heavy atom. The summed E-state index contributed by atoms with van der Waals surface area (Å²) in [5, 5.41) is 9.70. The smallest absolute Gasteiger partial charge is 0.0543 e. The maximum atomic E-state index is 9.70. The van der Waals surface area contributed by atoms with Crippen LogP contribution in [0.3, 0.4) is 0 Å². The number of unbranched alkanes of at least 4 members (excludes halogenated alkanes) is 16. The third-order valence-electron chi connectivity index (χ3n) is 6.04. The number of hydrogen-bond donors (Lipinski definition) is 1. The van der Waals surface area contributed by atoms with Gasteiger partial charge in [-0.05, 0) is 19.3 Å². The summed E-state index contributed by atoms with van der Waals surface area (Å²) in [5.41, 5.74) is 0. The van der Waals surface area contributed by atoms with Gasteiger partial charge in [-0.25, -0.2) is 0 Å². The zero-order valence-electron chi connectivity index (χ0n) is 19.2. The maximum Gasteiger partial charge on any atom is 0.0543 e. The zero-order chi connectivity index (χ0) is 20.0. The van der Waals surface area contributed by atoms with Gasteiger partial charge >= 0.3 is 0 Å². The molecule has 0 bridgehead atoms. The molecule has 0 saturated heterocycles. The minimum Gasteiger partial charge on any atom is -0.393 e. The minimum absolute atomic E-state index is 0.368. The van der Waals surface area contributed by atoms with E-state index in [9.17, 15) is 5.11 Å². The van der Waals surface area contributed by atoms with Gasteiger partial charge in [0, 0.05) is 0 Å². The lowest BCUT2D eigenvalue weighted by Crippen LogP contribution is -2.10. The van der Waals surface area contributed by atoms with E-state index in [0.717, 1.165) is 6.42 Å². The van der Waals surface area contributed by atoms with Gasteiger partial charge in [0.2, 0.25) is 0 Å². The Hall–Kier alpha value is -0.0400. The van der Waals surface area contributed by atoms with Gasteiger partial charge in [-0.1, -0.05) is 142 Å². The second-order valence-electron chi connectivity index (χ2n) is 8.99. The second kappa shape index (κ2) is 22.3. The van der Waals surface area contributed by atoms with Crippen LogP contribution in [0.4, 0.5) is 0 Å². The lowest BCUT2D eigenvalue weighted by Gasteiger charge is -2.18. The molecule has 0 aromatic heterocycles. The largest absolute Gasteiger partial charge is 0.393 e. The molecule has 1 N–H and O–H groups in total. The first kappa shape index (κ1) is 27.0. The molecule has 2 atom stereocenters. The number of aliphatic hydroxyl groups is 1. The van der Waals surface area contributed by atoms with Gasteiger partial charge in [0.25, 0.3) is 0 Å². The van der Waals surface area contributed by atoms with Gasteiger partial charge in [0.1, 0.15) is 0 Å². The van der Waals surface area contributed by atoms with Crippen LogP contribution in [0.1, 0.15) is 149 Å². The highest BCUT2D eigenvalue weighted by atomic mass is 16.3. The molecule has 0 heterocycles. The topological polar surface area (TPSA) is 20.2 Å². The third kappa shape index (κ3) is 22.1. The van der Waals surface area contributed by atoms with Crippen LogP contribution in [0.15, 0.2) is 0 Å². The number of rotatable bonds is 22. The molecule has 1 radical (unpaired) electrons. The summed E-state index contributed by atoms with van der Waals surface area (Å²) in [4.78, 5) is 0. The Balaban J connectivity index is 3.56. The molecule has 0 spiro atoms. The highest BCUT2D eigenvalue weighted by Crippen LogP contribution is 2.23. The van der Waals surface area contributed by atoms with Crippen molar-refractivity contribution in [3.05, 3.63) is 6.92 Å². The quantitative estimate of drug-likeness (QED) is 0.185. The van der Waals surface area contributed by atoms with Crippen molar-refractivity contribution in [2.24, 2.45) is 5.92 Å². The van der Waals surface area contributed by atoms with Crippen molar-refractivity contribution in [1.82, 2.24) is 0 Å². The molecule has 0 aliphatic heterocycles. The van der Waals surface area contributed by atoms with E-state index in [4.69, 9.17) is 0 Å². The highest BCUT2D eigenvalue weighted by molar-refractivity contribution is 4.67. The Kier molecular flexibility index (Phi) is 22.2. The summed E-state index contributed by atoms with van der Waals surface area (Å²) in [7, 11) is 0. The Morgan fingerprint density at radius 3 is 1.11 bits per heavy atom. The van der Waals surface area contributed by atoms with Crippen LogP contribution in [0.5, 0.6) is 0 Å². The summed E-state index contributed by atoms with van der Waals surface area (Å²) >= 11 is 0. The van der Waals surface area contributed by atoms with E-state index in [2.05, 4.69) is 20.8 Å². The average Bonchev–Trinajstić information content (AvgIpc) is 2.64. The van der Waals surface area contributed by atoms with Crippen molar-refractivity contribution >= 4 is 0 Å². The van der Waals surface area contributed by atoms with E-state index in [1.165, 1.54) is 128 Å². The monoisotopic (exact) mass is 381 g/mol. The van der Waals surface area contributed by atoms with Crippen LogP contribution in [0.25, 0.3) is 0 Å². The zero-order valence-corrected chi connectivity index (χ0v) is 19.2. The van der Waals surface area contributed by atoms with E-state index >= 15 is 0 Å². The Morgan fingerprint density at radius 2 is 0.815 bits per heavy atom. The van der Waals surface area contributed by atoms with E-state index in [0.29, 0.717) is 5.92 Å². The fraction of sp³-hybridized carbons (Fsp3) is 0.962. The molecule has 0 aliphatic rings. The Labute approximate surface area is 173 Å². The molecule has 163 valence electrons. The molecule has 1 heteroatoms. The molecule has 0 fully saturated rings. The van der Waals surface area contributed by atoms with E-state index in [1.54, 1.807) is 0 Å². The predicted octanol–water partition coefficient (Wildman–Crippen LogP) is 9.03. The molecular weight excluding hydrogens is 328 g/mol. The lowest BCUT2D eigenvalue weighted by atomic mass is 9.90. The molecular formula is C26H53O. The molecule has 2 unspecified atom stereocenters. The van der Waals surface area contributed by atoms with Gasteiger partial charge in [0.15, 0.2) is 0 Å². The summed E-state index contributed by atoms with van der Waals surface area (Å²) in [5.74, 6) is 0.701. The fourth-order valence-corrected chi connectivity index (χ4v) is 4.25. The molecule has 0 amide bonds. The number of aliphatic hydroxyl groups excluding tert-OH is 1. The van der Waals surface area contributed by atoms with Gasteiger partial charge in [0.05, 0.1) is 6.10 Å². The molecule has 0 rings (SSSR count). The third-order valence-corrected chi connectivity index (χ3v) is 6.04. The number of hydrogen-bond acceptors (Lipinski definition) is 1. The Bertz CT molecular complexity index is 261. The lowest BCUT2D eigenvalue weighted by molar-refractivity contribution is 0.174. The van der Waals surface area contributed by atoms with E-state index in [1.807, 2.05) is 0 Å². The van der Waals surface area contributed by atoms with Crippen LogP contribution in [0, 0.1) is 12.8 Å². The molecule has 0 aromatic carbocycles. The summed E-state index contributed by atoms with van der Waals surface area (Å²) in [6.07, 6.45) is 28.4. The summed E-state index contributed by atoms with van der Waals surface area (Å²) < 4.78 is 0. The van der Waals surface area contributed by atoms with Crippen LogP contribution in [-0.4, -0.2) is 11.2 Å². The first-order valence-electron chi connectivity index (χ1n) is 12.7. The SMILES string of the molecule is [CH2]C(O)CC(CCCCCCCCCC)CCCCCCCCCCCC. The first-order valence-corrected chi connectivity index (χ1v) is 12.7. The van der Waals surface area contributed by atoms with Crippen molar-refractivity contribution in [2.75, 3.05) is 0 Å². The van der Waals surface area contributed by atoms with Crippen molar-refractivity contribution < 1.29 is 5.11 Å². The molecule has 0 aromatic rings. The molecule has 27 heavy (non-hydrogen) atoms. The van der Waals surface area contributed by atoms with Crippen LogP contribution >= 0.6 is 0 Å². The van der Waals surface area contributed by atoms with Gasteiger partial charge in [-0.15, -0.1) is 0 Å². The maximum absolute atomic E-state index is 9.70. The van der Waals surface area contributed by atoms with Gasteiger partial charge in [-0.2, -0.15) is 0 Å². The first-order chi connectivity index (χ1) is 13.2. The average molecular weight is 382 g/mol. The van der Waals surface area contributed by atoms with Crippen molar-refractivity contribution in [1.29, 1.82) is 0 Å². The standard InChI is InChI=1S/C26H53O/c1-4-6-8-10-12-14-15-17-19-21-23-26(24-25(3)27)22-20-18-16-13-11-9-7-5-2/h25-27H,3-24H2,1-2H3.